The molecular formula is C14H16F2N4. The first-order valence-electron chi connectivity index (χ1n) is 6.29. The summed E-state index contributed by atoms with van der Waals surface area (Å²) < 4.78 is 26.5. The predicted octanol–water partition coefficient (Wildman–Crippen LogP) is 2.76. The highest BCUT2D eigenvalue weighted by Crippen LogP contribution is 2.13. The number of hydrogen-bond acceptors (Lipinski definition) is 4. The number of nitrogens with zero attached hydrogens (tertiary/aromatic N) is 2. The number of anilines is 2. The highest BCUT2D eigenvalue weighted by atomic mass is 19.1. The molecule has 0 atom stereocenters. The Kier molecular flexibility index (Phi) is 4.45. The second-order valence-electron chi connectivity index (χ2n) is 4.39. The maximum Gasteiger partial charge on any atom is 0.224 e. The minimum Gasteiger partial charge on any atom is -0.367 e. The third kappa shape index (κ3) is 3.40. The van der Waals surface area contributed by atoms with Gasteiger partial charge in [0.1, 0.15) is 5.82 Å². The number of nitrogens with one attached hydrogen (secondary N) is 2. The topological polar surface area (TPSA) is 49.8 Å². The van der Waals surface area contributed by atoms with Gasteiger partial charge in [0, 0.05) is 13.6 Å². The van der Waals surface area contributed by atoms with Gasteiger partial charge in [0.2, 0.25) is 5.95 Å². The molecule has 0 aliphatic carbocycles. The summed E-state index contributed by atoms with van der Waals surface area (Å²) in [5.41, 5.74) is 1.90. The van der Waals surface area contributed by atoms with Crippen LogP contribution in [0, 0.1) is 18.6 Å². The van der Waals surface area contributed by atoms with E-state index in [2.05, 4.69) is 20.6 Å². The summed E-state index contributed by atoms with van der Waals surface area (Å²) in [6, 6.07) is 4.65. The van der Waals surface area contributed by atoms with E-state index in [0.717, 1.165) is 17.3 Å². The maximum absolute atomic E-state index is 13.5. The lowest BCUT2D eigenvalue weighted by Crippen LogP contribution is -2.10. The van der Waals surface area contributed by atoms with Gasteiger partial charge in [-0.2, -0.15) is 4.98 Å². The minimum atomic E-state index is -0.500. The van der Waals surface area contributed by atoms with Crippen molar-refractivity contribution in [1.29, 1.82) is 0 Å². The second kappa shape index (κ2) is 6.27. The Morgan fingerprint density at radius 3 is 2.75 bits per heavy atom. The van der Waals surface area contributed by atoms with Crippen molar-refractivity contribution in [3.05, 3.63) is 47.2 Å². The fraction of sp³-hybridized carbons (Fsp3) is 0.286. The monoisotopic (exact) mass is 278 g/mol. The van der Waals surface area contributed by atoms with Gasteiger partial charge in [0.15, 0.2) is 11.6 Å². The van der Waals surface area contributed by atoms with Crippen molar-refractivity contribution in [3.63, 3.8) is 0 Å². The molecule has 1 aromatic heterocycles. The smallest absolute Gasteiger partial charge is 0.224 e. The first-order chi connectivity index (χ1) is 9.60. The van der Waals surface area contributed by atoms with Gasteiger partial charge in [-0.1, -0.05) is 6.07 Å². The zero-order valence-corrected chi connectivity index (χ0v) is 11.4. The summed E-state index contributed by atoms with van der Waals surface area (Å²) in [4.78, 5) is 7.76. The molecule has 2 aromatic rings. The zero-order chi connectivity index (χ0) is 14.5. The van der Waals surface area contributed by atoms with Gasteiger partial charge < -0.3 is 10.6 Å². The standard InChI is InChI=1S/C14H16F2N4/c1-9-7-11(15)4-3-10(9)5-6-18-13-12(16)8-19-14(17-2)20-13/h3-4,7-8H,5-6H2,1-2H3,(H2,17,18,19,20). The maximum atomic E-state index is 13.5. The molecule has 20 heavy (non-hydrogen) atoms. The first-order valence-corrected chi connectivity index (χ1v) is 6.29. The zero-order valence-electron chi connectivity index (χ0n) is 11.4. The summed E-state index contributed by atoms with van der Waals surface area (Å²) >= 11 is 0. The largest absolute Gasteiger partial charge is 0.367 e. The molecule has 0 aliphatic rings. The lowest BCUT2D eigenvalue weighted by Gasteiger charge is -2.09. The Morgan fingerprint density at radius 1 is 1.25 bits per heavy atom. The predicted molar refractivity (Wildman–Crippen MR) is 74.9 cm³/mol. The van der Waals surface area contributed by atoms with Crippen LogP contribution in [0.15, 0.2) is 24.4 Å². The molecular weight excluding hydrogens is 262 g/mol. The number of hydrogen-bond donors (Lipinski definition) is 2. The summed E-state index contributed by atoms with van der Waals surface area (Å²) in [5, 5.41) is 5.67. The van der Waals surface area contributed by atoms with Gasteiger partial charge in [0.05, 0.1) is 6.20 Å². The van der Waals surface area contributed by atoms with Crippen molar-refractivity contribution in [2.75, 3.05) is 24.2 Å². The molecule has 0 radical (unpaired) electrons. The Bertz CT molecular complexity index is 602. The SMILES string of the molecule is CNc1ncc(F)c(NCCc2ccc(F)cc2C)n1. The lowest BCUT2D eigenvalue weighted by atomic mass is 10.1. The third-order valence-electron chi connectivity index (χ3n) is 2.96. The highest BCUT2D eigenvalue weighted by Gasteiger charge is 2.06. The van der Waals surface area contributed by atoms with E-state index in [-0.39, 0.29) is 11.6 Å². The molecule has 6 heteroatoms. The van der Waals surface area contributed by atoms with E-state index in [1.165, 1.54) is 12.1 Å². The van der Waals surface area contributed by atoms with Crippen molar-refractivity contribution >= 4 is 11.8 Å². The molecule has 0 spiro atoms. The molecule has 0 bridgehead atoms. The molecule has 0 saturated heterocycles. The molecule has 0 unspecified atom stereocenters. The van der Waals surface area contributed by atoms with Crippen LogP contribution < -0.4 is 10.6 Å². The summed E-state index contributed by atoms with van der Waals surface area (Å²) in [5.74, 6) is -0.240. The van der Waals surface area contributed by atoms with E-state index >= 15 is 0 Å². The molecule has 106 valence electrons. The second-order valence-corrected chi connectivity index (χ2v) is 4.39. The van der Waals surface area contributed by atoms with Gasteiger partial charge in [-0.15, -0.1) is 0 Å². The van der Waals surface area contributed by atoms with Crippen LogP contribution in [0.1, 0.15) is 11.1 Å². The molecule has 0 fully saturated rings. The van der Waals surface area contributed by atoms with Crippen LogP contribution >= 0.6 is 0 Å². The molecule has 0 saturated carbocycles. The molecule has 1 aromatic carbocycles. The van der Waals surface area contributed by atoms with E-state index < -0.39 is 5.82 Å². The molecule has 1 heterocycles. The Hall–Kier alpha value is -2.24. The minimum absolute atomic E-state index is 0.157. The molecule has 4 nitrogen and oxygen atoms in total. The van der Waals surface area contributed by atoms with Crippen molar-refractivity contribution in [1.82, 2.24) is 9.97 Å². The number of benzene rings is 1. The van der Waals surface area contributed by atoms with Crippen molar-refractivity contribution in [2.24, 2.45) is 0 Å². The Morgan fingerprint density at radius 2 is 2.05 bits per heavy atom. The number of halogens is 2. The summed E-state index contributed by atoms with van der Waals surface area (Å²) in [6.45, 7) is 2.35. The highest BCUT2D eigenvalue weighted by molar-refractivity contribution is 5.41. The number of aryl methyl sites for hydroxylation is 1. The number of aromatic nitrogens is 2. The summed E-state index contributed by atoms with van der Waals surface area (Å²) in [6.07, 6.45) is 1.77. The van der Waals surface area contributed by atoms with E-state index in [1.807, 2.05) is 6.92 Å². The Labute approximate surface area is 116 Å². The molecule has 0 aliphatic heterocycles. The fourth-order valence-electron chi connectivity index (χ4n) is 1.87. The van der Waals surface area contributed by atoms with Crippen LogP contribution in [-0.2, 0) is 6.42 Å². The molecule has 2 N–H and O–H groups in total. The average molecular weight is 278 g/mol. The van der Waals surface area contributed by atoms with Crippen molar-refractivity contribution in [2.45, 2.75) is 13.3 Å². The van der Waals surface area contributed by atoms with Gasteiger partial charge in [-0.05, 0) is 36.6 Å². The van der Waals surface area contributed by atoms with E-state index in [0.29, 0.717) is 18.9 Å². The molecule has 2 rings (SSSR count). The first kappa shape index (κ1) is 14.2. The van der Waals surface area contributed by atoms with Crippen LogP contribution in [0.3, 0.4) is 0 Å². The van der Waals surface area contributed by atoms with E-state index in [1.54, 1.807) is 13.1 Å². The van der Waals surface area contributed by atoms with Gasteiger partial charge >= 0.3 is 0 Å². The number of rotatable bonds is 5. The van der Waals surface area contributed by atoms with Crippen LogP contribution in [0.5, 0.6) is 0 Å². The average Bonchev–Trinajstić information content (AvgIpc) is 2.43. The van der Waals surface area contributed by atoms with Gasteiger partial charge in [-0.25, -0.2) is 13.8 Å². The van der Waals surface area contributed by atoms with Gasteiger partial charge in [-0.3, -0.25) is 0 Å². The quantitative estimate of drug-likeness (QED) is 0.883. The van der Waals surface area contributed by atoms with Crippen LogP contribution in [-0.4, -0.2) is 23.6 Å². The molecule has 0 amide bonds. The van der Waals surface area contributed by atoms with E-state index in [4.69, 9.17) is 0 Å². The van der Waals surface area contributed by atoms with Crippen molar-refractivity contribution in [3.8, 4) is 0 Å². The van der Waals surface area contributed by atoms with E-state index in [9.17, 15) is 8.78 Å². The van der Waals surface area contributed by atoms with Crippen LogP contribution in [0.4, 0.5) is 20.5 Å². The van der Waals surface area contributed by atoms with Gasteiger partial charge in [0.25, 0.3) is 0 Å². The normalized spacial score (nSPS) is 10.4. The Balaban J connectivity index is 1.99. The lowest BCUT2D eigenvalue weighted by molar-refractivity contribution is 0.617. The fourth-order valence-corrected chi connectivity index (χ4v) is 1.87. The van der Waals surface area contributed by atoms with Crippen molar-refractivity contribution < 1.29 is 8.78 Å². The van der Waals surface area contributed by atoms with Crippen LogP contribution in [0.2, 0.25) is 0 Å². The third-order valence-corrected chi connectivity index (χ3v) is 2.96. The summed E-state index contributed by atoms with van der Waals surface area (Å²) in [7, 11) is 1.67. The van der Waals surface area contributed by atoms with Crippen LogP contribution in [0.25, 0.3) is 0 Å².